The number of rotatable bonds is 3. The minimum absolute atomic E-state index is 0.448. The van der Waals surface area contributed by atoms with Crippen molar-refractivity contribution in [1.82, 2.24) is 0 Å². The molecule has 0 aliphatic carbocycles. The van der Waals surface area contributed by atoms with Crippen molar-refractivity contribution in [2.24, 2.45) is 0 Å². The molecule has 2 atom stereocenters. The molecule has 1 aliphatic heterocycles. The van der Waals surface area contributed by atoms with Crippen molar-refractivity contribution < 1.29 is 26.1 Å². The molecule has 166 valence electrons. The Morgan fingerprint density at radius 3 is 2.13 bits per heavy atom. The number of halogens is 4. The van der Waals surface area contributed by atoms with Crippen LogP contribution < -0.4 is 0 Å². The Hall–Kier alpha value is -1.00. The van der Waals surface area contributed by atoms with E-state index in [2.05, 4.69) is 56.0 Å². The van der Waals surface area contributed by atoms with Gasteiger partial charge in [0.25, 0.3) is 0 Å². The van der Waals surface area contributed by atoms with Crippen LogP contribution in [0.25, 0.3) is 0 Å². The van der Waals surface area contributed by atoms with Gasteiger partial charge in [-0.3, -0.25) is 0 Å². The Morgan fingerprint density at radius 2 is 1.63 bits per heavy atom. The molecule has 2 aromatic rings. The molecule has 30 heavy (non-hydrogen) atoms. The molecule has 3 rings (SSSR count). The van der Waals surface area contributed by atoms with Crippen molar-refractivity contribution in [3.8, 4) is 0 Å². The molecule has 10 heteroatoms. The smallest absolute Gasteiger partial charge is 0.485 e. The zero-order valence-corrected chi connectivity index (χ0v) is 20.3. The second-order valence-electron chi connectivity index (χ2n) is 8.23. The maximum atomic E-state index is 10.7. The third kappa shape index (κ3) is 7.02. The van der Waals surface area contributed by atoms with E-state index in [0.29, 0.717) is 16.1 Å². The largest absolute Gasteiger partial charge is 0.741 e. The molecule has 0 N–H and O–H groups in total. The van der Waals surface area contributed by atoms with Gasteiger partial charge in [0.1, 0.15) is 13.8 Å². The number of aryl methyl sites for hydroxylation is 1. The van der Waals surface area contributed by atoms with Crippen molar-refractivity contribution in [2.45, 2.75) is 36.8 Å². The summed E-state index contributed by atoms with van der Waals surface area (Å²) in [6, 6.07) is 17.6. The Bertz CT molecular complexity index is 958. The number of hydrogen-bond donors (Lipinski definition) is 0. The van der Waals surface area contributed by atoms with E-state index >= 15 is 0 Å². The zero-order valence-electron chi connectivity index (χ0n) is 16.9. The van der Waals surface area contributed by atoms with Crippen LogP contribution in [-0.4, -0.2) is 37.7 Å². The SMILES string of the molecule is C[Si](C)(C)C[S+]1CCc2ccccc2[C@@H]1c1ccc(Cl)cc1.O=S(=O)([O-])C(F)(F)F. The molecular weight excluding hydrogens is 473 g/mol. The van der Waals surface area contributed by atoms with Crippen LogP contribution in [0.4, 0.5) is 13.2 Å². The van der Waals surface area contributed by atoms with E-state index in [1.54, 1.807) is 11.1 Å². The molecule has 0 amide bonds. The number of alkyl halides is 3. The van der Waals surface area contributed by atoms with E-state index < -0.39 is 23.7 Å². The van der Waals surface area contributed by atoms with Crippen molar-refractivity contribution in [3.05, 3.63) is 70.2 Å². The van der Waals surface area contributed by atoms with Gasteiger partial charge in [-0.25, -0.2) is 8.42 Å². The molecule has 0 radical (unpaired) electrons. The normalized spacial score (nSPS) is 19.5. The Labute approximate surface area is 184 Å². The lowest BCUT2D eigenvalue weighted by Gasteiger charge is -2.30. The third-order valence-electron chi connectivity index (χ3n) is 4.38. The van der Waals surface area contributed by atoms with Crippen molar-refractivity contribution in [2.75, 3.05) is 11.1 Å². The highest BCUT2D eigenvalue weighted by Crippen LogP contribution is 2.40. The highest BCUT2D eigenvalue weighted by molar-refractivity contribution is 7.98. The standard InChI is InChI=1S/C19H24ClSSi.CHF3O3S/c1-22(2,3)14-21-13-12-15-6-4-5-7-18(15)19(21)16-8-10-17(20)11-9-16;2-1(3,4)8(5,6)7/h4-11,19H,12-14H2,1-3H3;(H,5,6,7)/q+1;/p-1/t19-,21?;/m0./s1. The van der Waals surface area contributed by atoms with Gasteiger partial charge >= 0.3 is 5.51 Å². The molecule has 1 heterocycles. The second-order valence-corrected chi connectivity index (χ2v) is 18.3. The maximum Gasteiger partial charge on any atom is 0.485 e. The summed E-state index contributed by atoms with van der Waals surface area (Å²) >= 11 is 6.10. The van der Waals surface area contributed by atoms with Gasteiger partial charge in [-0.2, -0.15) is 13.2 Å². The summed E-state index contributed by atoms with van der Waals surface area (Å²) in [5.74, 6) is 1.34. The summed E-state index contributed by atoms with van der Waals surface area (Å²) < 4.78 is 58.9. The lowest BCUT2D eigenvalue weighted by Crippen LogP contribution is -2.39. The van der Waals surface area contributed by atoms with Crippen molar-refractivity contribution in [3.63, 3.8) is 0 Å². The fourth-order valence-electron chi connectivity index (χ4n) is 3.28. The molecule has 1 unspecified atom stereocenters. The molecule has 2 aromatic carbocycles. The second kappa shape index (κ2) is 9.64. The molecular formula is C20H24ClF3O3S2Si. The Balaban J connectivity index is 0.000000343. The highest BCUT2D eigenvalue weighted by Gasteiger charge is 2.41. The van der Waals surface area contributed by atoms with Crippen LogP contribution in [0.2, 0.25) is 24.7 Å². The molecule has 0 fully saturated rings. The van der Waals surface area contributed by atoms with Crippen molar-refractivity contribution >= 4 is 40.7 Å². The molecule has 0 aromatic heterocycles. The topological polar surface area (TPSA) is 57.2 Å². The summed E-state index contributed by atoms with van der Waals surface area (Å²) in [5.41, 5.74) is -1.11. The van der Waals surface area contributed by atoms with Crippen LogP contribution in [0.1, 0.15) is 21.9 Å². The van der Waals surface area contributed by atoms with Crippen molar-refractivity contribution in [1.29, 1.82) is 0 Å². The van der Waals surface area contributed by atoms with Gasteiger partial charge in [-0.05, 0) is 28.6 Å². The molecule has 0 bridgehead atoms. The number of benzene rings is 2. The first kappa shape index (κ1) is 25.3. The monoisotopic (exact) mass is 496 g/mol. The van der Waals surface area contributed by atoms with E-state index in [9.17, 15) is 13.2 Å². The van der Waals surface area contributed by atoms with Crippen LogP contribution >= 0.6 is 11.6 Å². The van der Waals surface area contributed by atoms with Gasteiger partial charge in [-0.15, -0.1) is 0 Å². The molecule has 1 aliphatic rings. The molecule has 0 saturated carbocycles. The Morgan fingerprint density at radius 1 is 1.10 bits per heavy atom. The van der Waals surface area contributed by atoms with Crippen LogP contribution in [-0.2, 0) is 27.4 Å². The first-order chi connectivity index (χ1) is 13.7. The summed E-state index contributed by atoms with van der Waals surface area (Å²) in [5, 5.41) is 2.82. The average Bonchev–Trinajstić information content (AvgIpc) is 2.60. The highest BCUT2D eigenvalue weighted by atomic mass is 35.5. The van der Waals surface area contributed by atoms with Gasteiger partial charge in [-0.1, -0.05) is 67.6 Å². The number of fused-ring (bicyclic) bond motifs is 1. The predicted octanol–water partition coefficient (Wildman–Crippen LogP) is 5.53. The minimum atomic E-state index is -6.09. The Kier molecular flexibility index (Phi) is 8.12. The van der Waals surface area contributed by atoms with Crippen LogP contribution in [0.3, 0.4) is 0 Å². The fourth-order valence-corrected chi connectivity index (χ4v) is 10.9. The van der Waals surface area contributed by atoms with Gasteiger partial charge in [0.15, 0.2) is 15.4 Å². The first-order valence-electron chi connectivity index (χ1n) is 9.21. The lowest BCUT2D eigenvalue weighted by atomic mass is 9.97. The maximum absolute atomic E-state index is 10.7. The average molecular weight is 497 g/mol. The summed E-state index contributed by atoms with van der Waals surface area (Å²) in [6.45, 7) is 7.50. The summed E-state index contributed by atoms with van der Waals surface area (Å²) in [7, 11) is -6.71. The van der Waals surface area contributed by atoms with Gasteiger partial charge < -0.3 is 4.55 Å². The molecule has 0 spiro atoms. The van der Waals surface area contributed by atoms with Crippen LogP contribution in [0.5, 0.6) is 0 Å². The van der Waals surface area contributed by atoms with Gasteiger partial charge in [0.05, 0.1) is 5.38 Å². The molecule has 0 saturated heterocycles. The van der Waals surface area contributed by atoms with E-state index in [-0.39, 0.29) is 0 Å². The summed E-state index contributed by atoms with van der Waals surface area (Å²) in [4.78, 5) is 0. The number of hydrogen-bond acceptors (Lipinski definition) is 3. The van der Waals surface area contributed by atoms with E-state index in [0.717, 1.165) is 5.02 Å². The summed E-state index contributed by atoms with van der Waals surface area (Å²) in [6.07, 6.45) is 1.24. The van der Waals surface area contributed by atoms with Gasteiger partial charge in [0.2, 0.25) is 0 Å². The minimum Gasteiger partial charge on any atom is -0.741 e. The molecule has 3 nitrogen and oxygen atoms in total. The van der Waals surface area contributed by atoms with E-state index in [4.69, 9.17) is 24.6 Å². The van der Waals surface area contributed by atoms with Gasteiger partial charge in [0, 0.05) is 22.6 Å². The fraction of sp³-hybridized carbons (Fsp3) is 0.400. The zero-order chi connectivity index (χ0) is 22.7. The lowest BCUT2D eigenvalue weighted by molar-refractivity contribution is -0.0517. The van der Waals surface area contributed by atoms with E-state index in [1.807, 2.05) is 12.1 Å². The quantitative estimate of drug-likeness (QED) is 0.243. The van der Waals surface area contributed by atoms with Crippen LogP contribution in [0.15, 0.2) is 48.5 Å². The van der Waals surface area contributed by atoms with Crippen LogP contribution in [0, 0.1) is 0 Å². The third-order valence-corrected chi connectivity index (χ3v) is 12.1. The predicted molar refractivity (Wildman–Crippen MR) is 120 cm³/mol. The first-order valence-corrected chi connectivity index (χ1v) is 16.3. The van der Waals surface area contributed by atoms with E-state index in [1.165, 1.54) is 23.1 Å².